The van der Waals surface area contributed by atoms with E-state index in [4.69, 9.17) is 10.2 Å². The largest absolute Gasteiger partial charge is 0.477 e. The van der Waals surface area contributed by atoms with Crippen LogP contribution in [-0.4, -0.2) is 45.9 Å². The van der Waals surface area contributed by atoms with E-state index in [1.807, 2.05) is 19.1 Å². The Morgan fingerprint density at radius 2 is 2.08 bits per heavy atom. The summed E-state index contributed by atoms with van der Waals surface area (Å²) in [6.45, 7) is 3.58. The highest BCUT2D eigenvalue weighted by molar-refractivity contribution is 8.14. The predicted octanol–water partition coefficient (Wildman–Crippen LogP) is 1.17. The number of benzene rings is 1. The van der Waals surface area contributed by atoms with Crippen molar-refractivity contribution in [1.82, 2.24) is 0 Å². The van der Waals surface area contributed by atoms with E-state index in [0.717, 1.165) is 47.0 Å². The SMILES string of the molecule is CCc1cc2c(cc1NC=C(C(=O)O)C(=O)O)N1CCN=C1S2.O. The van der Waals surface area contributed by atoms with Crippen molar-refractivity contribution in [2.45, 2.75) is 18.2 Å². The molecular weight excluding hydrogens is 334 g/mol. The summed E-state index contributed by atoms with van der Waals surface area (Å²) in [7, 11) is 0. The molecule has 128 valence electrons. The molecule has 0 radical (unpaired) electrons. The van der Waals surface area contributed by atoms with Gasteiger partial charge in [-0.1, -0.05) is 6.92 Å². The average Bonchev–Trinajstić information content (AvgIpc) is 3.06. The maximum atomic E-state index is 10.9. The first-order valence-corrected chi connectivity index (χ1v) is 7.93. The molecule has 24 heavy (non-hydrogen) atoms. The van der Waals surface area contributed by atoms with Gasteiger partial charge in [0.15, 0.2) is 10.7 Å². The van der Waals surface area contributed by atoms with Crippen LogP contribution in [0.2, 0.25) is 0 Å². The van der Waals surface area contributed by atoms with Crippen LogP contribution in [0.25, 0.3) is 0 Å². The summed E-state index contributed by atoms with van der Waals surface area (Å²) in [5, 5.41) is 21.6. The number of amidine groups is 1. The fraction of sp³-hybridized carbons (Fsp3) is 0.267. The molecule has 0 fully saturated rings. The predicted molar refractivity (Wildman–Crippen MR) is 91.9 cm³/mol. The number of hydrogen-bond acceptors (Lipinski definition) is 6. The maximum absolute atomic E-state index is 10.9. The van der Waals surface area contributed by atoms with E-state index in [9.17, 15) is 9.59 Å². The second kappa shape index (κ2) is 6.93. The molecule has 0 saturated heterocycles. The summed E-state index contributed by atoms with van der Waals surface area (Å²) in [4.78, 5) is 29.5. The lowest BCUT2D eigenvalue weighted by molar-refractivity contribution is -0.140. The summed E-state index contributed by atoms with van der Waals surface area (Å²) in [5.74, 6) is -2.96. The minimum Gasteiger partial charge on any atom is -0.477 e. The van der Waals surface area contributed by atoms with Crippen LogP contribution < -0.4 is 10.2 Å². The molecule has 5 N–H and O–H groups in total. The minimum absolute atomic E-state index is 0. The van der Waals surface area contributed by atoms with Gasteiger partial charge in [-0.15, -0.1) is 0 Å². The monoisotopic (exact) mass is 351 g/mol. The van der Waals surface area contributed by atoms with Crippen molar-refractivity contribution in [2.24, 2.45) is 4.99 Å². The molecule has 8 nitrogen and oxygen atoms in total. The molecule has 2 heterocycles. The van der Waals surface area contributed by atoms with E-state index < -0.39 is 17.5 Å². The number of aliphatic carboxylic acids is 2. The number of rotatable bonds is 5. The Kier molecular flexibility index (Phi) is 5.15. The molecule has 0 atom stereocenters. The van der Waals surface area contributed by atoms with Gasteiger partial charge in [-0.05, 0) is 35.9 Å². The van der Waals surface area contributed by atoms with Crippen LogP contribution in [0.4, 0.5) is 11.4 Å². The number of thioether (sulfide) groups is 1. The topological polar surface area (TPSA) is 134 Å². The zero-order chi connectivity index (χ0) is 16.6. The van der Waals surface area contributed by atoms with Gasteiger partial charge in [0.2, 0.25) is 0 Å². The summed E-state index contributed by atoms with van der Waals surface area (Å²) in [6, 6.07) is 3.96. The Morgan fingerprint density at radius 3 is 2.71 bits per heavy atom. The number of anilines is 2. The van der Waals surface area contributed by atoms with E-state index in [-0.39, 0.29) is 5.48 Å². The zero-order valence-electron chi connectivity index (χ0n) is 12.9. The number of aliphatic imine (C=N–C) groups is 1. The minimum atomic E-state index is -1.48. The third kappa shape index (κ3) is 3.08. The Labute approximate surface area is 142 Å². The smallest absolute Gasteiger partial charge is 0.344 e. The summed E-state index contributed by atoms with van der Waals surface area (Å²) < 4.78 is 0. The lowest BCUT2D eigenvalue weighted by Crippen LogP contribution is -2.20. The van der Waals surface area contributed by atoms with Crippen molar-refractivity contribution in [2.75, 3.05) is 23.3 Å². The van der Waals surface area contributed by atoms with Crippen molar-refractivity contribution in [3.8, 4) is 0 Å². The van der Waals surface area contributed by atoms with Crippen LogP contribution in [0.15, 0.2) is 33.8 Å². The molecule has 1 aromatic carbocycles. The Morgan fingerprint density at radius 1 is 1.38 bits per heavy atom. The van der Waals surface area contributed by atoms with Gasteiger partial charge in [-0.25, -0.2) is 9.59 Å². The molecule has 2 aliphatic rings. The number of nitrogens with one attached hydrogen (secondary N) is 1. The van der Waals surface area contributed by atoms with E-state index in [1.54, 1.807) is 11.8 Å². The number of carbonyl (C=O) groups is 2. The lowest BCUT2D eigenvalue weighted by atomic mass is 10.1. The summed E-state index contributed by atoms with van der Waals surface area (Å²) in [5.41, 5.74) is 2.02. The number of hydrogen-bond donors (Lipinski definition) is 3. The van der Waals surface area contributed by atoms with Gasteiger partial charge in [0.1, 0.15) is 0 Å². The average molecular weight is 351 g/mol. The number of fused-ring (bicyclic) bond motifs is 3. The molecule has 0 aromatic heterocycles. The van der Waals surface area contributed by atoms with Crippen LogP contribution >= 0.6 is 11.8 Å². The molecule has 1 aromatic rings. The quantitative estimate of drug-likeness (QED) is 0.412. The highest BCUT2D eigenvalue weighted by Gasteiger charge is 2.30. The van der Waals surface area contributed by atoms with Gasteiger partial charge in [-0.3, -0.25) is 4.99 Å². The Hall–Kier alpha value is -2.52. The normalized spacial score (nSPS) is 14.2. The first kappa shape index (κ1) is 17.8. The number of aryl methyl sites for hydroxylation is 1. The number of nitrogens with zero attached hydrogens (tertiary/aromatic N) is 2. The van der Waals surface area contributed by atoms with E-state index in [1.165, 1.54) is 0 Å². The second-order valence-electron chi connectivity index (χ2n) is 5.06. The van der Waals surface area contributed by atoms with Crippen LogP contribution in [-0.2, 0) is 16.0 Å². The molecule has 3 rings (SSSR count). The van der Waals surface area contributed by atoms with Crippen molar-refractivity contribution < 1.29 is 25.3 Å². The second-order valence-corrected chi connectivity index (χ2v) is 6.07. The van der Waals surface area contributed by atoms with E-state index >= 15 is 0 Å². The highest BCUT2D eigenvalue weighted by Crippen LogP contribution is 2.44. The number of carboxylic acid groups (broad SMARTS) is 2. The van der Waals surface area contributed by atoms with Gasteiger partial charge in [0.05, 0.1) is 12.2 Å². The van der Waals surface area contributed by atoms with Crippen molar-refractivity contribution >= 4 is 40.2 Å². The van der Waals surface area contributed by atoms with Crippen LogP contribution in [0, 0.1) is 0 Å². The Bertz CT molecular complexity index is 744. The highest BCUT2D eigenvalue weighted by atomic mass is 32.2. The lowest BCUT2D eigenvalue weighted by Gasteiger charge is -2.16. The van der Waals surface area contributed by atoms with Crippen molar-refractivity contribution in [3.05, 3.63) is 29.5 Å². The van der Waals surface area contributed by atoms with Gasteiger partial charge in [0, 0.05) is 23.3 Å². The third-order valence-electron chi connectivity index (χ3n) is 3.69. The van der Waals surface area contributed by atoms with Crippen molar-refractivity contribution in [3.63, 3.8) is 0 Å². The molecule has 9 heteroatoms. The van der Waals surface area contributed by atoms with Crippen molar-refractivity contribution in [1.29, 1.82) is 0 Å². The van der Waals surface area contributed by atoms with Gasteiger partial charge in [-0.2, -0.15) is 0 Å². The van der Waals surface area contributed by atoms with E-state index in [2.05, 4.69) is 15.2 Å². The standard InChI is InChI=1S/C15H15N3O4S.H2O/c1-2-8-5-12-11(18-4-3-16-15(18)23-12)6-10(8)17-7-9(13(19)20)14(21)22;/h5-7,17H,2-4H2,1H3,(H,19,20)(H,21,22);1H2. The summed E-state index contributed by atoms with van der Waals surface area (Å²) >= 11 is 1.62. The fourth-order valence-electron chi connectivity index (χ4n) is 2.53. The third-order valence-corrected chi connectivity index (χ3v) is 4.77. The molecule has 2 aliphatic heterocycles. The number of carboxylic acids is 2. The molecular formula is C15H17N3O5S. The molecule has 0 unspecified atom stereocenters. The molecule has 0 amide bonds. The zero-order valence-corrected chi connectivity index (χ0v) is 13.7. The maximum Gasteiger partial charge on any atom is 0.344 e. The van der Waals surface area contributed by atoms with Crippen LogP contribution in [0.5, 0.6) is 0 Å². The van der Waals surface area contributed by atoms with Crippen LogP contribution in [0.3, 0.4) is 0 Å². The Balaban J connectivity index is 0.00000208. The summed E-state index contributed by atoms with van der Waals surface area (Å²) in [6.07, 6.45) is 1.76. The molecule has 0 saturated carbocycles. The fourth-order valence-corrected chi connectivity index (χ4v) is 3.66. The molecule has 0 aliphatic carbocycles. The van der Waals surface area contributed by atoms with Gasteiger partial charge in [0.25, 0.3) is 0 Å². The first-order valence-electron chi connectivity index (χ1n) is 7.11. The first-order chi connectivity index (χ1) is 11.0. The molecule has 0 bridgehead atoms. The van der Waals surface area contributed by atoms with Gasteiger partial charge >= 0.3 is 11.9 Å². The van der Waals surface area contributed by atoms with E-state index in [0.29, 0.717) is 5.69 Å². The molecule has 0 spiro atoms. The van der Waals surface area contributed by atoms with Crippen LogP contribution in [0.1, 0.15) is 12.5 Å². The van der Waals surface area contributed by atoms with Gasteiger partial charge < -0.3 is 25.9 Å².